The number of amides is 1. The number of methoxy groups -OCH3 is 1. The lowest BCUT2D eigenvalue weighted by molar-refractivity contribution is 0.0696. The third-order valence-corrected chi connectivity index (χ3v) is 6.19. The first-order valence-electron chi connectivity index (χ1n) is 10.8. The number of nitrogens with one attached hydrogen (secondary N) is 1. The molecule has 33 heavy (non-hydrogen) atoms. The van der Waals surface area contributed by atoms with Crippen molar-refractivity contribution in [2.45, 2.75) is 37.8 Å². The van der Waals surface area contributed by atoms with Crippen LogP contribution in [0, 0.1) is 0 Å². The van der Waals surface area contributed by atoms with Crippen LogP contribution in [0.25, 0.3) is 16.9 Å². The highest BCUT2D eigenvalue weighted by molar-refractivity contribution is 6.31. The maximum atomic E-state index is 13.2. The SMILES string of the molecule is COc1ccc(Cl)cc1-c1nn([C@@H]2CCCC[C@H]2O)cc1NC(=O)c1cnn2cccnc12. The molecular formula is C23H23ClN6O3. The Morgan fingerprint density at radius 2 is 2.15 bits per heavy atom. The maximum absolute atomic E-state index is 13.2. The number of aromatic nitrogens is 5. The molecule has 170 valence electrons. The number of carbonyl (C=O) groups excluding carboxylic acids is 1. The molecule has 1 aromatic carbocycles. The summed E-state index contributed by atoms with van der Waals surface area (Å²) < 4.78 is 8.81. The minimum Gasteiger partial charge on any atom is -0.496 e. The summed E-state index contributed by atoms with van der Waals surface area (Å²) in [6, 6.07) is 6.80. The quantitative estimate of drug-likeness (QED) is 0.460. The number of aliphatic hydroxyl groups excluding tert-OH is 1. The van der Waals surface area contributed by atoms with E-state index in [1.807, 2.05) is 0 Å². The molecule has 1 fully saturated rings. The molecule has 0 radical (unpaired) electrons. The van der Waals surface area contributed by atoms with Crippen molar-refractivity contribution >= 4 is 28.8 Å². The zero-order valence-corrected chi connectivity index (χ0v) is 18.7. The fourth-order valence-electron chi connectivity index (χ4n) is 4.29. The normalized spacial score (nSPS) is 18.4. The highest BCUT2D eigenvalue weighted by atomic mass is 35.5. The predicted molar refractivity (Wildman–Crippen MR) is 124 cm³/mol. The molecule has 1 aliphatic carbocycles. The number of ether oxygens (including phenoxy) is 1. The van der Waals surface area contributed by atoms with E-state index < -0.39 is 6.10 Å². The molecule has 0 spiro atoms. The molecule has 5 rings (SSSR count). The van der Waals surface area contributed by atoms with Crippen LogP contribution in [0.5, 0.6) is 5.75 Å². The van der Waals surface area contributed by atoms with Gasteiger partial charge in [-0.2, -0.15) is 10.2 Å². The van der Waals surface area contributed by atoms with Crippen molar-refractivity contribution in [1.29, 1.82) is 0 Å². The van der Waals surface area contributed by atoms with Gasteiger partial charge >= 0.3 is 0 Å². The van der Waals surface area contributed by atoms with Crippen molar-refractivity contribution in [2.75, 3.05) is 12.4 Å². The molecule has 1 aliphatic rings. The molecule has 0 bridgehead atoms. The lowest BCUT2D eigenvalue weighted by Crippen LogP contribution is -2.27. The number of rotatable bonds is 5. The maximum Gasteiger partial charge on any atom is 0.261 e. The lowest BCUT2D eigenvalue weighted by atomic mass is 9.93. The molecule has 1 saturated carbocycles. The predicted octanol–water partition coefficient (Wildman–Crippen LogP) is 3.98. The molecule has 0 aliphatic heterocycles. The zero-order valence-electron chi connectivity index (χ0n) is 18.0. The number of nitrogens with zero attached hydrogens (tertiary/aromatic N) is 5. The van der Waals surface area contributed by atoms with E-state index in [1.165, 1.54) is 10.7 Å². The molecule has 10 heteroatoms. The monoisotopic (exact) mass is 466 g/mol. The van der Waals surface area contributed by atoms with Crippen molar-refractivity contribution in [1.82, 2.24) is 24.4 Å². The standard InChI is InChI=1S/C23H23ClN6O3/c1-33-20-8-7-14(24)11-15(20)21-17(13-30(28-21)18-5-2-3-6-19(18)31)27-23(32)16-12-26-29-10-4-9-25-22(16)29/h4,7-13,18-19,31H,2-3,5-6H2,1H3,(H,27,32)/t18-,19-/m1/s1. The van der Waals surface area contributed by atoms with Crippen molar-refractivity contribution in [3.05, 3.63) is 59.6 Å². The van der Waals surface area contributed by atoms with Crippen molar-refractivity contribution in [3.8, 4) is 17.0 Å². The fraction of sp³-hybridized carbons (Fsp3) is 0.304. The number of anilines is 1. The van der Waals surface area contributed by atoms with Crippen LogP contribution >= 0.6 is 11.6 Å². The average Bonchev–Trinajstić information content (AvgIpc) is 3.44. The van der Waals surface area contributed by atoms with Gasteiger partial charge in [-0.25, -0.2) is 9.50 Å². The van der Waals surface area contributed by atoms with Crippen molar-refractivity contribution < 1.29 is 14.6 Å². The molecule has 0 saturated heterocycles. The number of benzene rings is 1. The third kappa shape index (κ3) is 4.05. The molecule has 9 nitrogen and oxygen atoms in total. The summed E-state index contributed by atoms with van der Waals surface area (Å²) in [4.78, 5) is 17.5. The highest BCUT2D eigenvalue weighted by Gasteiger charge is 2.28. The van der Waals surface area contributed by atoms with Crippen LogP contribution in [0.1, 0.15) is 42.1 Å². The molecule has 3 heterocycles. The van der Waals surface area contributed by atoms with Gasteiger partial charge < -0.3 is 15.2 Å². The summed E-state index contributed by atoms with van der Waals surface area (Å²) in [5.74, 6) is 0.205. The van der Waals surface area contributed by atoms with Gasteiger partial charge in [-0.05, 0) is 37.1 Å². The van der Waals surface area contributed by atoms with Crippen LogP contribution in [0.3, 0.4) is 0 Å². The summed E-state index contributed by atoms with van der Waals surface area (Å²) in [5.41, 5.74) is 2.41. The van der Waals surface area contributed by atoms with E-state index in [0.717, 1.165) is 25.7 Å². The van der Waals surface area contributed by atoms with Gasteiger partial charge in [0, 0.05) is 29.2 Å². The Kier molecular flexibility index (Phi) is 5.74. The molecular weight excluding hydrogens is 444 g/mol. The Labute approximate surface area is 195 Å². The third-order valence-electron chi connectivity index (χ3n) is 5.95. The highest BCUT2D eigenvalue weighted by Crippen LogP contribution is 2.38. The smallest absolute Gasteiger partial charge is 0.261 e. The largest absolute Gasteiger partial charge is 0.496 e. The lowest BCUT2D eigenvalue weighted by Gasteiger charge is -2.27. The number of hydrogen-bond donors (Lipinski definition) is 2. The van der Waals surface area contributed by atoms with E-state index in [2.05, 4.69) is 15.4 Å². The summed E-state index contributed by atoms with van der Waals surface area (Å²) in [7, 11) is 1.57. The van der Waals surface area contributed by atoms with Crippen molar-refractivity contribution in [2.24, 2.45) is 0 Å². The van der Waals surface area contributed by atoms with Crippen molar-refractivity contribution in [3.63, 3.8) is 0 Å². The number of halogens is 1. The number of aliphatic hydroxyl groups is 1. The van der Waals surface area contributed by atoms with Crippen LogP contribution in [0.2, 0.25) is 5.02 Å². The van der Waals surface area contributed by atoms with Gasteiger partial charge in [0.25, 0.3) is 5.91 Å². The summed E-state index contributed by atoms with van der Waals surface area (Å²) in [6.07, 6.45) is 9.59. The van der Waals surface area contributed by atoms with Gasteiger partial charge in [0.05, 0.1) is 31.1 Å². The summed E-state index contributed by atoms with van der Waals surface area (Å²) in [5, 5.41) is 23.0. The number of hydrogen-bond acceptors (Lipinski definition) is 6. The van der Waals surface area contributed by atoms with Crippen LogP contribution < -0.4 is 10.1 Å². The van der Waals surface area contributed by atoms with Gasteiger partial charge in [0.15, 0.2) is 5.65 Å². The molecule has 3 aromatic heterocycles. The van der Waals surface area contributed by atoms with Gasteiger partial charge in [0.1, 0.15) is 17.0 Å². The van der Waals surface area contributed by atoms with E-state index in [4.69, 9.17) is 21.4 Å². The minimum atomic E-state index is -0.500. The molecule has 2 N–H and O–H groups in total. The molecule has 4 aromatic rings. The van der Waals surface area contributed by atoms with Crippen LogP contribution in [-0.4, -0.2) is 48.6 Å². The second kappa shape index (κ2) is 8.84. The van der Waals surface area contributed by atoms with Gasteiger partial charge in [-0.1, -0.05) is 24.4 Å². The molecule has 0 unspecified atom stereocenters. The first kappa shape index (κ1) is 21.4. The Balaban J connectivity index is 1.58. The first-order valence-corrected chi connectivity index (χ1v) is 11.1. The van der Waals surface area contributed by atoms with Gasteiger partial charge in [0.2, 0.25) is 0 Å². The Bertz CT molecular complexity index is 1320. The first-order chi connectivity index (χ1) is 16.0. The zero-order chi connectivity index (χ0) is 22.9. The van der Waals surface area contributed by atoms with Crippen LogP contribution in [0.15, 0.2) is 49.1 Å². The Morgan fingerprint density at radius 3 is 2.97 bits per heavy atom. The van der Waals surface area contributed by atoms with E-state index in [0.29, 0.717) is 38.9 Å². The van der Waals surface area contributed by atoms with Gasteiger partial charge in [-0.3, -0.25) is 9.48 Å². The summed E-state index contributed by atoms with van der Waals surface area (Å²) >= 11 is 6.27. The topological polar surface area (TPSA) is 107 Å². The average molecular weight is 467 g/mol. The second-order valence-electron chi connectivity index (χ2n) is 8.04. The van der Waals surface area contributed by atoms with Crippen LogP contribution in [0.4, 0.5) is 5.69 Å². The van der Waals surface area contributed by atoms with E-state index in [-0.39, 0.29) is 11.9 Å². The molecule has 1 amide bonds. The van der Waals surface area contributed by atoms with E-state index >= 15 is 0 Å². The fourth-order valence-corrected chi connectivity index (χ4v) is 4.47. The van der Waals surface area contributed by atoms with E-state index in [1.54, 1.807) is 54.6 Å². The van der Waals surface area contributed by atoms with Crippen LogP contribution in [-0.2, 0) is 0 Å². The second-order valence-corrected chi connectivity index (χ2v) is 8.47. The number of fused-ring (bicyclic) bond motifs is 1. The minimum absolute atomic E-state index is 0.174. The Hall–Kier alpha value is -3.43. The van der Waals surface area contributed by atoms with E-state index in [9.17, 15) is 9.90 Å². The molecule has 2 atom stereocenters. The summed E-state index contributed by atoms with van der Waals surface area (Å²) in [6.45, 7) is 0. The Morgan fingerprint density at radius 1 is 1.30 bits per heavy atom. The number of carbonyl (C=O) groups is 1. The van der Waals surface area contributed by atoms with Gasteiger partial charge in [-0.15, -0.1) is 0 Å².